The monoisotopic (exact) mass is 273 g/mol. The fourth-order valence-corrected chi connectivity index (χ4v) is 3.30. The Morgan fingerprint density at radius 3 is 2.80 bits per heavy atom. The Morgan fingerprint density at radius 1 is 1.35 bits per heavy atom. The van der Waals surface area contributed by atoms with Gasteiger partial charge in [-0.3, -0.25) is 0 Å². The smallest absolute Gasteiger partial charge is 0.341 e. The van der Waals surface area contributed by atoms with Crippen molar-refractivity contribution in [3.8, 4) is 5.75 Å². The van der Waals surface area contributed by atoms with Gasteiger partial charge < -0.3 is 14.4 Å². The van der Waals surface area contributed by atoms with E-state index >= 15 is 0 Å². The van der Waals surface area contributed by atoms with E-state index in [-0.39, 0.29) is 11.3 Å². The average molecular weight is 273 g/mol. The average Bonchev–Trinajstić information content (AvgIpc) is 2.78. The van der Waals surface area contributed by atoms with Gasteiger partial charge in [0.2, 0.25) is 0 Å². The summed E-state index contributed by atoms with van der Waals surface area (Å²) < 4.78 is 6.99. The number of rotatable bonds is 2. The molecule has 0 unspecified atom stereocenters. The van der Waals surface area contributed by atoms with E-state index in [1.807, 2.05) is 0 Å². The molecule has 0 spiro atoms. The second-order valence-corrected chi connectivity index (χ2v) is 5.25. The van der Waals surface area contributed by atoms with Crippen LogP contribution in [0.4, 0.5) is 0 Å². The van der Waals surface area contributed by atoms with Crippen molar-refractivity contribution in [1.29, 1.82) is 0 Å². The lowest BCUT2D eigenvalue weighted by atomic mass is 9.95. The maximum atomic E-state index is 11.7. The summed E-state index contributed by atoms with van der Waals surface area (Å²) in [5, 5.41) is 11.2. The Bertz CT molecular complexity index is 685. The van der Waals surface area contributed by atoms with Gasteiger partial charge in [0.05, 0.1) is 12.6 Å². The highest BCUT2D eigenvalue weighted by molar-refractivity contribution is 5.99. The standard InChI is InChI=1S/C16H19NO3/c1-3-17-13-7-5-4-6-10(13)11-8-12(16(19)20-2)15(18)9-14(11)17/h8-9,18H,3-7H2,1-2H3. The van der Waals surface area contributed by atoms with Gasteiger partial charge in [-0.05, 0) is 44.2 Å². The number of hydrogen-bond acceptors (Lipinski definition) is 3. The Balaban J connectivity index is 2.31. The fraction of sp³-hybridized carbons (Fsp3) is 0.438. The summed E-state index contributed by atoms with van der Waals surface area (Å²) in [6.45, 7) is 2.99. The minimum absolute atomic E-state index is 0.00565. The van der Waals surface area contributed by atoms with E-state index in [1.165, 1.54) is 31.2 Å². The van der Waals surface area contributed by atoms with Crippen molar-refractivity contribution >= 4 is 16.9 Å². The van der Waals surface area contributed by atoms with E-state index in [0.717, 1.165) is 30.3 Å². The number of methoxy groups -OCH3 is 1. The molecule has 4 nitrogen and oxygen atoms in total. The summed E-state index contributed by atoms with van der Waals surface area (Å²) >= 11 is 0. The molecule has 1 N–H and O–H groups in total. The molecular weight excluding hydrogens is 254 g/mol. The normalized spacial score (nSPS) is 14.3. The van der Waals surface area contributed by atoms with Crippen LogP contribution in [0.25, 0.3) is 10.9 Å². The van der Waals surface area contributed by atoms with Crippen molar-refractivity contribution in [1.82, 2.24) is 4.57 Å². The summed E-state index contributed by atoms with van der Waals surface area (Å²) in [6, 6.07) is 3.48. The van der Waals surface area contributed by atoms with Crippen molar-refractivity contribution in [2.24, 2.45) is 0 Å². The Hall–Kier alpha value is -1.97. The van der Waals surface area contributed by atoms with E-state index in [0.29, 0.717) is 0 Å². The number of ether oxygens (including phenoxy) is 1. The topological polar surface area (TPSA) is 51.5 Å². The summed E-state index contributed by atoms with van der Waals surface area (Å²) in [5.41, 5.74) is 3.96. The van der Waals surface area contributed by atoms with Gasteiger partial charge in [0.15, 0.2) is 0 Å². The molecule has 0 bridgehead atoms. The summed E-state index contributed by atoms with van der Waals surface area (Å²) in [5.74, 6) is -0.493. The van der Waals surface area contributed by atoms with Gasteiger partial charge in [-0.15, -0.1) is 0 Å². The molecule has 0 saturated carbocycles. The lowest BCUT2D eigenvalue weighted by Gasteiger charge is -2.14. The molecule has 106 valence electrons. The molecule has 2 aromatic rings. The first-order chi connectivity index (χ1) is 9.67. The van der Waals surface area contributed by atoms with E-state index < -0.39 is 5.97 Å². The molecule has 1 aliphatic carbocycles. The molecule has 0 fully saturated rings. The Kier molecular flexibility index (Phi) is 3.16. The molecule has 0 saturated heterocycles. The number of aromatic hydroxyl groups is 1. The number of fused-ring (bicyclic) bond motifs is 3. The summed E-state index contributed by atoms with van der Waals surface area (Å²) in [4.78, 5) is 11.7. The van der Waals surface area contributed by atoms with Gasteiger partial charge in [0, 0.05) is 23.7 Å². The molecule has 0 atom stereocenters. The number of aryl methyl sites for hydroxylation is 2. The zero-order valence-corrected chi connectivity index (χ0v) is 11.9. The number of phenols is 1. The second-order valence-electron chi connectivity index (χ2n) is 5.25. The van der Waals surface area contributed by atoms with Gasteiger partial charge in [0.25, 0.3) is 0 Å². The number of benzene rings is 1. The molecule has 3 rings (SSSR count). The van der Waals surface area contributed by atoms with Crippen LogP contribution >= 0.6 is 0 Å². The molecule has 4 heteroatoms. The van der Waals surface area contributed by atoms with Crippen LogP contribution in [0.3, 0.4) is 0 Å². The van der Waals surface area contributed by atoms with Crippen LogP contribution in [0.1, 0.15) is 41.4 Å². The Morgan fingerprint density at radius 2 is 2.10 bits per heavy atom. The van der Waals surface area contributed by atoms with E-state index in [4.69, 9.17) is 4.74 Å². The van der Waals surface area contributed by atoms with Crippen LogP contribution in [0.15, 0.2) is 12.1 Å². The third-order valence-corrected chi connectivity index (χ3v) is 4.22. The second kappa shape index (κ2) is 4.85. The molecule has 1 aliphatic rings. The number of aromatic nitrogens is 1. The van der Waals surface area contributed by atoms with Gasteiger partial charge in [-0.25, -0.2) is 4.79 Å². The van der Waals surface area contributed by atoms with Gasteiger partial charge >= 0.3 is 5.97 Å². The molecule has 20 heavy (non-hydrogen) atoms. The predicted octanol–water partition coefficient (Wildman–Crippen LogP) is 3.03. The predicted molar refractivity (Wildman–Crippen MR) is 77.3 cm³/mol. The van der Waals surface area contributed by atoms with Gasteiger partial charge in [-0.2, -0.15) is 0 Å². The molecular formula is C16H19NO3. The van der Waals surface area contributed by atoms with Crippen molar-refractivity contribution in [2.75, 3.05) is 7.11 Å². The molecule has 1 aromatic carbocycles. The first kappa shape index (κ1) is 13.0. The molecule has 0 aliphatic heterocycles. The third kappa shape index (κ3) is 1.79. The van der Waals surface area contributed by atoms with Crippen molar-refractivity contribution in [3.63, 3.8) is 0 Å². The summed E-state index contributed by atoms with van der Waals surface area (Å²) in [7, 11) is 1.33. The highest BCUT2D eigenvalue weighted by Crippen LogP contribution is 2.35. The highest BCUT2D eigenvalue weighted by Gasteiger charge is 2.22. The maximum absolute atomic E-state index is 11.7. The van der Waals surface area contributed by atoms with Crippen LogP contribution in [-0.4, -0.2) is 22.8 Å². The number of hydrogen-bond donors (Lipinski definition) is 1. The van der Waals surface area contributed by atoms with Crippen LogP contribution in [0.2, 0.25) is 0 Å². The molecule has 0 radical (unpaired) electrons. The maximum Gasteiger partial charge on any atom is 0.341 e. The minimum Gasteiger partial charge on any atom is -0.507 e. The zero-order chi connectivity index (χ0) is 14.3. The van der Waals surface area contributed by atoms with Crippen LogP contribution in [-0.2, 0) is 24.1 Å². The number of carbonyl (C=O) groups excluding carboxylic acids is 1. The molecule has 0 amide bonds. The number of phenolic OH excluding ortho intramolecular Hbond substituents is 1. The van der Waals surface area contributed by atoms with Crippen LogP contribution in [0, 0.1) is 0 Å². The Labute approximate surface area is 118 Å². The van der Waals surface area contributed by atoms with Crippen molar-refractivity contribution < 1.29 is 14.6 Å². The van der Waals surface area contributed by atoms with E-state index in [1.54, 1.807) is 12.1 Å². The number of carbonyl (C=O) groups is 1. The molecule has 1 aromatic heterocycles. The van der Waals surface area contributed by atoms with Gasteiger partial charge in [0.1, 0.15) is 11.3 Å². The fourth-order valence-electron chi connectivity index (χ4n) is 3.30. The third-order valence-electron chi connectivity index (χ3n) is 4.22. The van der Waals surface area contributed by atoms with Gasteiger partial charge in [-0.1, -0.05) is 0 Å². The highest BCUT2D eigenvalue weighted by atomic mass is 16.5. The zero-order valence-electron chi connectivity index (χ0n) is 11.9. The van der Waals surface area contributed by atoms with Crippen LogP contribution < -0.4 is 0 Å². The SMILES string of the molecule is CCn1c2c(c3cc(C(=O)OC)c(O)cc31)CCCC2. The largest absolute Gasteiger partial charge is 0.507 e. The lowest BCUT2D eigenvalue weighted by Crippen LogP contribution is -2.07. The minimum atomic E-state index is -0.488. The van der Waals surface area contributed by atoms with E-state index in [9.17, 15) is 9.90 Å². The molecule has 1 heterocycles. The first-order valence-corrected chi connectivity index (χ1v) is 7.12. The van der Waals surface area contributed by atoms with Crippen molar-refractivity contribution in [3.05, 3.63) is 29.0 Å². The number of nitrogens with zero attached hydrogens (tertiary/aromatic N) is 1. The number of esters is 1. The van der Waals surface area contributed by atoms with E-state index in [2.05, 4.69) is 11.5 Å². The first-order valence-electron chi connectivity index (χ1n) is 7.12. The summed E-state index contributed by atoms with van der Waals surface area (Å²) in [6.07, 6.45) is 4.51. The quantitative estimate of drug-likeness (QED) is 0.856. The lowest BCUT2D eigenvalue weighted by molar-refractivity contribution is 0.0597. The van der Waals surface area contributed by atoms with Crippen LogP contribution in [0.5, 0.6) is 5.75 Å². The van der Waals surface area contributed by atoms with Crippen molar-refractivity contribution in [2.45, 2.75) is 39.2 Å².